The van der Waals surface area contributed by atoms with Crippen molar-refractivity contribution in [1.29, 1.82) is 0 Å². The minimum Gasteiger partial charge on any atom is -0.253 e. The number of rotatable bonds is 3. The van der Waals surface area contributed by atoms with E-state index in [9.17, 15) is 12.8 Å². The Bertz CT molecular complexity index is 1110. The van der Waals surface area contributed by atoms with Crippen molar-refractivity contribution in [2.75, 3.05) is 6.26 Å². The fraction of sp³-hybridized carbons (Fsp3) is 0.167. The van der Waals surface area contributed by atoms with E-state index in [1.165, 1.54) is 12.1 Å². The minimum atomic E-state index is -3.57. The highest BCUT2D eigenvalue weighted by atomic mass is 32.2. The Morgan fingerprint density at radius 2 is 1.73 bits per heavy atom. The Kier molecular flexibility index (Phi) is 3.91. The molecule has 0 radical (unpaired) electrons. The molecule has 0 spiro atoms. The van der Waals surface area contributed by atoms with Gasteiger partial charge in [-0.3, -0.25) is 9.97 Å². The number of halogens is 1. The lowest BCUT2D eigenvalue weighted by molar-refractivity contribution is 0.375. The first-order valence-corrected chi connectivity index (χ1v) is 9.80. The summed E-state index contributed by atoms with van der Waals surface area (Å²) in [5.74, 6) is -0.350. The molecule has 2 aromatic carbocycles. The van der Waals surface area contributed by atoms with Gasteiger partial charge in [0.1, 0.15) is 5.82 Å². The third-order valence-electron chi connectivity index (χ3n) is 4.27. The summed E-state index contributed by atoms with van der Waals surface area (Å²) in [5.41, 5.74) is 3.50. The van der Waals surface area contributed by atoms with E-state index in [1.807, 2.05) is 18.2 Å². The van der Waals surface area contributed by atoms with E-state index in [2.05, 4.69) is 15.1 Å². The molecule has 132 valence electrons. The number of fused-ring (bicyclic) bond motifs is 1. The van der Waals surface area contributed by atoms with E-state index in [0.29, 0.717) is 23.2 Å². The van der Waals surface area contributed by atoms with E-state index in [-0.39, 0.29) is 5.82 Å². The maximum Gasteiger partial charge on any atom is 0.247 e. The average Bonchev–Trinajstić information content (AvgIpc) is 3.08. The van der Waals surface area contributed by atoms with Crippen LogP contribution in [0.1, 0.15) is 23.6 Å². The summed E-state index contributed by atoms with van der Waals surface area (Å²) in [6, 6.07) is 10.9. The smallest absolute Gasteiger partial charge is 0.247 e. The number of hydrogen-bond acceptors (Lipinski definition) is 5. The number of aromatic nitrogens is 2. The summed E-state index contributed by atoms with van der Waals surface area (Å²) in [7, 11) is -3.57. The van der Waals surface area contributed by atoms with Gasteiger partial charge in [-0.15, -0.1) is 0 Å². The quantitative estimate of drug-likeness (QED) is 0.710. The van der Waals surface area contributed by atoms with Crippen molar-refractivity contribution in [2.24, 2.45) is 5.10 Å². The van der Waals surface area contributed by atoms with Gasteiger partial charge in [0, 0.05) is 18.8 Å². The van der Waals surface area contributed by atoms with Crippen LogP contribution in [0, 0.1) is 5.82 Å². The molecule has 0 saturated heterocycles. The van der Waals surface area contributed by atoms with Crippen molar-refractivity contribution >= 4 is 26.8 Å². The van der Waals surface area contributed by atoms with Crippen LogP contribution in [0.5, 0.6) is 0 Å². The fourth-order valence-electron chi connectivity index (χ4n) is 3.05. The van der Waals surface area contributed by atoms with Gasteiger partial charge in [0.2, 0.25) is 10.0 Å². The molecular formula is C18H15FN4O2S. The van der Waals surface area contributed by atoms with E-state index >= 15 is 0 Å². The van der Waals surface area contributed by atoms with Gasteiger partial charge in [0.25, 0.3) is 0 Å². The fourth-order valence-corrected chi connectivity index (χ4v) is 3.95. The second-order valence-electron chi connectivity index (χ2n) is 6.11. The summed E-state index contributed by atoms with van der Waals surface area (Å²) in [4.78, 5) is 8.51. The molecular weight excluding hydrogens is 355 g/mol. The highest BCUT2D eigenvalue weighted by molar-refractivity contribution is 7.88. The molecule has 6 nitrogen and oxygen atoms in total. The SMILES string of the molecule is CS(=O)(=O)N1N=C(c2ccc(F)cc2)C[C@@H]1c1ccc2nccnc2c1. The van der Waals surface area contributed by atoms with E-state index in [0.717, 1.165) is 21.8 Å². The molecule has 0 N–H and O–H groups in total. The van der Waals surface area contributed by atoms with Crippen molar-refractivity contribution in [3.8, 4) is 0 Å². The molecule has 1 aromatic heterocycles. The van der Waals surface area contributed by atoms with Crippen LogP contribution in [0.2, 0.25) is 0 Å². The van der Waals surface area contributed by atoms with Crippen LogP contribution in [0.4, 0.5) is 4.39 Å². The Morgan fingerprint density at radius 3 is 2.42 bits per heavy atom. The normalized spacial score (nSPS) is 17.5. The van der Waals surface area contributed by atoms with Crippen molar-refractivity contribution in [3.05, 3.63) is 71.8 Å². The van der Waals surface area contributed by atoms with E-state index in [1.54, 1.807) is 24.5 Å². The summed E-state index contributed by atoms with van der Waals surface area (Å²) in [5, 5.41) is 4.30. The zero-order valence-electron chi connectivity index (χ0n) is 13.9. The number of sulfonamides is 1. The first-order chi connectivity index (χ1) is 12.4. The van der Waals surface area contributed by atoms with Gasteiger partial charge in [0.15, 0.2) is 0 Å². The van der Waals surface area contributed by atoms with Crippen molar-refractivity contribution in [1.82, 2.24) is 14.4 Å². The first kappa shape index (κ1) is 16.6. The van der Waals surface area contributed by atoms with Gasteiger partial charge in [-0.1, -0.05) is 18.2 Å². The molecule has 0 amide bonds. The Balaban J connectivity index is 1.76. The van der Waals surface area contributed by atoms with Crippen LogP contribution >= 0.6 is 0 Å². The summed E-state index contributed by atoms with van der Waals surface area (Å²) >= 11 is 0. The second kappa shape index (κ2) is 6.14. The summed E-state index contributed by atoms with van der Waals surface area (Å²) in [6.45, 7) is 0. The number of hydrazone groups is 1. The zero-order valence-corrected chi connectivity index (χ0v) is 14.7. The molecule has 4 rings (SSSR count). The predicted molar refractivity (Wildman–Crippen MR) is 96.5 cm³/mol. The van der Waals surface area contributed by atoms with Gasteiger partial charge in [-0.05, 0) is 35.4 Å². The highest BCUT2D eigenvalue weighted by Gasteiger charge is 2.34. The van der Waals surface area contributed by atoms with Gasteiger partial charge in [-0.2, -0.15) is 9.52 Å². The lowest BCUT2D eigenvalue weighted by Gasteiger charge is -2.21. The monoisotopic (exact) mass is 370 g/mol. The molecule has 26 heavy (non-hydrogen) atoms. The van der Waals surface area contributed by atoms with Gasteiger partial charge >= 0.3 is 0 Å². The van der Waals surface area contributed by atoms with E-state index in [4.69, 9.17) is 0 Å². The minimum absolute atomic E-state index is 0.350. The molecule has 0 aliphatic carbocycles. The third-order valence-corrected chi connectivity index (χ3v) is 5.28. The molecule has 0 unspecified atom stereocenters. The predicted octanol–water partition coefficient (Wildman–Crippen LogP) is 2.88. The van der Waals surface area contributed by atoms with Crippen LogP contribution in [0.3, 0.4) is 0 Å². The molecule has 0 saturated carbocycles. The maximum absolute atomic E-state index is 13.2. The van der Waals surface area contributed by atoms with Gasteiger partial charge < -0.3 is 0 Å². The lowest BCUT2D eigenvalue weighted by Crippen LogP contribution is -2.25. The van der Waals surface area contributed by atoms with Gasteiger partial charge in [0.05, 0.1) is 29.0 Å². The van der Waals surface area contributed by atoms with Crippen LogP contribution in [-0.4, -0.2) is 34.8 Å². The van der Waals surface area contributed by atoms with Crippen molar-refractivity contribution in [3.63, 3.8) is 0 Å². The largest absolute Gasteiger partial charge is 0.253 e. The number of benzene rings is 2. The van der Waals surface area contributed by atoms with Gasteiger partial charge in [-0.25, -0.2) is 12.8 Å². The topological polar surface area (TPSA) is 75.5 Å². The van der Waals surface area contributed by atoms with Crippen molar-refractivity contribution < 1.29 is 12.8 Å². The lowest BCUT2D eigenvalue weighted by atomic mass is 9.99. The zero-order chi connectivity index (χ0) is 18.3. The summed E-state index contributed by atoms with van der Waals surface area (Å²) in [6.07, 6.45) is 4.72. The third kappa shape index (κ3) is 3.03. The molecule has 2 heterocycles. The van der Waals surface area contributed by atoms with Crippen LogP contribution in [0.25, 0.3) is 11.0 Å². The molecule has 1 aliphatic rings. The molecule has 0 fully saturated rings. The van der Waals surface area contributed by atoms with Crippen LogP contribution in [0.15, 0.2) is 60.0 Å². The van der Waals surface area contributed by atoms with E-state index < -0.39 is 16.1 Å². The molecule has 1 aliphatic heterocycles. The van der Waals surface area contributed by atoms with Crippen LogP contribution < -0.4 is 0 Å². The summed E-state index contributed by atoms with van der Waals surface area (Å²) < 4.78 is 38.8. The molecule has 1 atom stereocenters. The number of hydrogen-bond donors (Lipinski definition) is 0. The second-order valence-corrected chi connectivity index (χ2v) is 7.95. The Hall–Kier alpha value is -2.87. The maximum atomic E-state index is 13.2. The Labute approximate surface area is 150 Å². The first-order valence-electron chi connectivity index (χ1n) is 7.95. The molecule has 3 aromatic rings. The highest BCUT2D eigenvalue weighted by Crippen LogP contribution is 2.35. The number of nitrogens with zero attached hydrogens (tertiary/aromatic N) is 4. The van der Waals surface area contributed by atoms with Crippen molar-refractivity contribution in [2.45, 2.75) is 12.5 Å². The molecule has 0 bridgehead atoms. The standard InChI is InChI=1S/C18H15FN4O2S/c1-26(24,25)23-18(11-16(22-23)12-2-5-14(19)6-3-12)13-4-7-15-17(10-13)21-9-8-20-15/h2-10,18H,11H2,1H3/t18-/m1/s1. The average molecular weight is 370 g/mol. The Morgan fingerprint density at radius 1 is 1.04 bits per heavy atom. The molecule has 8 heteroatoms. The van der Waals surface area contributed by atoms with Crippen LogP contribution in [-0.2, 0) is 10.0 Å².